The molecular formula is C17H23NO2. The number of benzene rings is 1. The lowest BCUT2D eigenvalue weighted by molar-refractivity contribution is -0.155. The Morgan fingerprint density at radius 2 is 1.80 bits per heavy atom. The fraction of sp³-hybridized carbons (Fsp3) is 0.588. The molecule has 2 aliphatic rings. The summed E-state index contributed by atoms with van der Waals surface area (Å²) in [6, 6.07) is 8.32. The monoisotopic (exact) mass is 273 g/mol. The molecule has 0 aromatic heterocycles. The van der Waals surface area contributed by atoms with Crippen molar-refractivity contribution >= 4 is 11.7 Å². The van der Waals surface area contributed by atoms with Crippen LogP contribution in [0.4, 0.5) is 5.69 Å². The minimum absolute atomic E-state index is 0.0173. The molecule has 1 aromatic rings. The normalized spacial score (nSPS) is 32.6. The van der Waals surface area contributed by atoms with Crippen LogP contribution in [-0.4, -0.2) is 13.1 Å². The second-order valence-corrected chi connectivity index (χ2v) is 6.57. The Morgan fingerprint density at radius 3 is 2.35 bits per heavy atom. The molecule has 2 saturated carbocycles. The average Bonchev–Trinajstić information content (AvgIpc) is 2.45. The largest absolute Gasteiger partial charge is 0.469 e. The summed E-state index contributed by atoms with van der Waals surface area (Å²) in [5, 5.41) is 0. The van der Waals surface area contributed by atoms with Gasteiger partial charge in [0.25, 0.3) is 0 Å². The quantitative estimate of drug-likeness (QED) is 0.663. The van der Waals surface area contributed by atoms with Crippen molar-refractivity contribution in [1.29, 1.82) is 0 Å². The molecule has 2 aliphatic carbocycles. The molecule has 0 aliphatic heterocycles. The molecule has 108 valence electrons. The number of anilines is 1. The van der Waals surface area contributed by atoms with Gasteiger partial charge >= 0.3 is 5.97 Å². The van der Waals surface area contributed by atoms with E-state index >= 15 is 0 Å². The molecule has 1 aromatic carbocycles. The highest BCUT2D eigenvalue weighted by atomic mass is 16.5. The number of rotatable bonds is 2. The summed E-state index contributed by atoms with van der Waals surface area (Å²) in [6.07, 6.45) is 7.03. The van der Waals surface area contributed by atoms with E-state index in [0.29, 0.717) is 11.3 Å². The van der Waals surface area contributed by atoms with Crippen molar-refractivity contribution in [2.24, 2.45) is 11.3 Å². The zero-order valence-electron chi connectivity index (χ0n) is 12.1. The van der Waals surface area contributed by atoms with Crippen molar-refractivity contribution in [1.82, 2.24) is 0 Å². The Balaban J connectivity index is 1.56. The van der Waals surface area contributed by atoms with Crippen LogP contribution in [0.15, 0.2) is 24.3 Å². The minimum atomic E-state index is -0.0173. The summed E-state index contributed by atoms with van der Waals surface area (Å²) >= 11 is 0. The molecule has 0 radical (unpaired) electrons. The lowest BCUT2D eigenvalue weighted by Crippen LogP contribution is -2.43. The number of carbonyl (C=O) groups excluding carboxylic acids is 1. The maximum atomic E-state index is 11.5. The van der Waals surface area contributed by atoms with E-state index in [1.165, 1.54) is 38.4 Å². The summed E-state index contributed by atoms with van der Waals surface area (Å²) < 4.78 is 4.84. The Labute approximate surface area is 120 Å². The van der Waals surface area contributed by atoms with Crippen LogP contribution < -0.4 is 5.73 Å². The molecule has 20 heavy (non-hydrogen) atoms. The van der Waals surface area contributed by atoms with E-state index in [1.54, 1.807) is 0 Å². The molecule has 3 rings (SSSR count). The molecule has 0 unspecified atom stereocenters. The highest BCUT2D eigenvalue weighted by molar-refractivity contribution is 5.73. The number of carbonyl (C=O) groups is 1. The summed E-state index contributed by atoms with van der Waals surface area (Å²) in [6.45, 7) is 0. The Hall–Kier alpha value is -1.51. The van der Waals surface area contributed by atoms with Gasteiger partial charge in [-0.1, -0.05) is 12.1 Å². The van der Waals surface area contributed by atoms with Crippen molar-refractivity contribution in [2.75, 3.05) is 12.8 Å². The zero-order valence-corrected chi connectivity index (χ0v) is 12.1. The van der Waals surface area contributed by atoms with Gasteiger partial charge in [0.2, 0.25) is 0 Å². The Bertz CT molecular complexity index is 478. The molecule has 0 bridgehead atoms. The van der Waals surface area contributed by atoms with Gasteiger partial charge in [-0.2, -0.15) is 0 Å². The SMILES string of the molecule is COC(=O)C1CC2(CCC(c3ccc(N)cc3)CC2)C1. The van der Waals surface area contributed by atoms with Crippen LogP contribution >= 0.6 is 0 Å². The molecule has 0 saturated heterocycles. The van der Waals surface area contributed by atoms with Crippen molar-refractivity contribution < 1.29 is 9.53 Å². The molecule has 1 spiro atoms. The van der Waals surface area contributed by atoms with E-state index in [4.69, 9.17) is 10.5 Å². The van der Waals surface area contributed by atoms with E-state index in [-0.39, 0.29) is 11.9 Å². The van der Waals surface area contributed by atoms with E-state index in [9.17, 15) is 4.79 Å². The number of esters is 1. The third-order valence-corrected chi connectivity index (χ3v) is 5.35. The van der Waals surface area contributed by atoms with Gasteiger partial charge in [-0.25, -0.2) is 0 Å². The smallest absolute Gasteiger partial charge is 0.308 e. The van der Waals surface area contributed by atoms with Crippen LogP contribution in [0.25, 0.3) is 0 Å². The predicted molar refractivity (Wildman–Crippen MR) is 79.2 cm³/mol. The van der Waals surface area contributed by atoms with Crippen LogP contribution in [-0.2, 0) is 9.53 Å². The van der Waals surface area contributed by atoms with E-state index in [1.807, 2.05) is 12.1 Å². The number of hydrogen-bond donors (Lipinski definition) is 1. The summed E-state index contributed by atoms with van der Waals surface area (Å²) in [5.41, 5.74) is 8.43. The fourth-order valence-electron chi connectivity index (χ4n) is 4.06. The molecule has 2 N–H and O–H groups in total. The van der Waals surface area contributed by atoms with Gasteiger partial charge in [0.15, 0.2) is 0 Å². The number of hydrogen-bond acceptors (Lipinski definition) is 3. The maximum Gasteiger partial charge on any atom is 0.308 e. The minimum Gasteiger partial charge on any atom is -0.469 e. The van der Waals surface area contributed by atoms with E-state index < -0.39 is 0 Å². The van der Waals surface area contributed by atoms with Gasteiger partial charge in [0, 0.05) is 5.69 Å². The van der Waals surface area contributed by atoms with E-state index in [0.717, 1.165) is 18.5 Å². The standard InChI is InChI=1S/C17H23NO2/c1-20-16(19)14-10-17(11-14)8-6-13(7-9-17)12-2-4-15(18)5-3-12/h2-5,13-14H,6-11,18H2,1H3. The molecular weight excluding hydrogens is 250 g/mol. The molecule has 0 atom stereocenters. The number of methoxy groups -OCH3 is 1. The zero-order chi connectivity index (χ0) is 14.2. The first-order valence-corrected chi connectivity index (χ1v) is 7.55. The lowest BCUT2D eigenvalue weighted by atomic mass is 9.54. The topological polar surface area (TPSA) is 52.3 Å². The third-order valence-electron chi connectivity index (χ3n) is 5.35. The number of ether oxygens (including phenoxy) is 1. The first kappa shape index (κ1) is 13.5. The summed E-state index contributed by atoms with van der Waals surface area (Å²) in [5.74, 6) is 0.808. The fourth-order valence-corrected chi connectivity index (χ4v) is 4.06. The van der Waals surface area contributed by atoms with Crippen molar-refractivity contribution in [3.63, 3.8) is 0 Å². The number of nitrogen functional groups attached to an aromatic ring is 1. The van der Waals surface area contributed by atoms with Crippen LogP contribution in [0.3, 0.4) is 0 Å². The van der Waals surface area contributed by atoms with Crippen molar-refractivity contribution in [3.8, 4) is 0 Å². The van der Waals surface area contributed by atoms with Crippen LogP contribution in [0.2, 0.25) is 0 Å². The van der Waals surface area contributed by atoms with Crippen molar-refractivity contribution in [3.05, 3.63) is 29.8 Å². The van der Waals surface area contributed by atoms with Gasteiger partial charge in [-0.05, 0) is 67.6 Å². The maximum absolute atomic E-state index is 11.5. The first-order chi connectivity index (χ1) is 9.62. The van der Waals surface area contributed by atoms with Crippen LogP contribution in [0.1, 0.15) is 50.0 Å². The van der Waals surface area contributed by atoms with Gasteiger partial charge in [0.1, 0.15) is 0 Å². The molecule has 0 heterocycles. The van der Waals surface area contributed by atoms with Crippen molar-refractivity contribution in [2.45, 2.75) is 44.4 Å². The second-order valence-electron chi connectivity index (χ2n) is 6.57. The van der Waals surface area contributed by atoms with Gasteiger partial charge in [-0.3, -0.25) is 4.79 Å². The first-order valence-electron chi connectivity index (χ1n) is 7.55. The number of nitrogens with two attached hydrogens (primary N) is 1. The van der Waals surface area contributed by atoms with Gasteiger partial charge in [0.05, 0.1) is 13.0 Å². The van der Waals surface area contributed by atoms with Crippen LogP contribution in [0, 0.1) is 11.3 Å². The predicted octanol–water partition coefficient (Wildman–Crippen LogP) is 3.50. The third kappa shape index (κ3) is 2.41. The average molecular weight is 273 g/mol. The lowest BCUT2D eigenvalue weighted by Gasteiger charge is -2.50. The van der Waals surface area contributed by atoms with Gasteiger partial charge < -0.3 is 10.5 Å². The highest BCUT2D eigenvalue weighted by Gasteiger charge is 2.49. The molecule has 0 amide bonds. The van der Waals surface area contributed by atoms with Crippen LogP contribution in [0.5, 0.6) is 0 Å². The second kappa shape index (κ2) is 5.12. The molecule has 2 fully saturated rings. The molecule has 3 nitrogen and oxygen atoms in total. The van der Waals surface area contributed by atoms with E-state index in [2.05, 4.69) is 12.1 Å². The highest BCUT2D eigenvalue weighted by Crippen LogP contribution is 2.57. The summed E-state index contributed by atoms with van der Waals surface area (Å²) in [4.78, 5) is 11.5. The Morgan fingerprint density at radius 1 is 1.20 bits per heavy atom. The Kier molecular flexibility index (Phi) is 3.45. The summed E-state index contributed by atoms with van der Waals surface area (Å²) in [7, 11) is 1.49. The van der Waals surface area contributed by atoms with Gasteiger partial charge in [-0.15, -0.1) is 0 Å². The molecule has 3 heteroatoms.